The Balaban J connectivity index is 2.78. The molecule has 0 spiro atoms. The van der Waals surface area contributed by atoms with Crippen LogP contribution in [0.4, 0.5) is 0 Å². The lowest BCUT2D eigenvalue weighted by molar-refractivity contribution is -0.143. The van der Waals surface area contributed by atoms with Crippen molar-refractivity contribution in [2.75, 3.05) is 13.1 Å². The van der Waals surface area contributed by atoms with Gasteiger partial charge in [-0.05, 0) is 25.2 Å². The zero-order valence-electron chi connectivity index (χ0n) is 11.2. The van der Waals surface area contributed by atoms with E-state index in [1.165, 1.54) is 0 Å². The number of carbonyl (C=O) groups excluding carboxylic acids is 3. The molecular formula is C12H22N4O3. The van der Waals surface area contributed by atoms with Crippen LogP contribution in [0.15, 0.2) is 0 Å². The van der Waals surface area contributed by atoms with Gasteiger partial charge in [0.05, 0.1) is 13.1 Å². The first-order valence-corrected chi connectivity index (χ1v) is 6.42. The molecule has 1 saturated carbocycles. The third kappa shape index (κ3) is 4.51. The summed E-state index contributed by atoms with van der Waals surface area (Å²) in [7, 11) is 0. The molecule has 3 atom stereocenters. The minimum atomic E-state index is -0.664. The van der Waals surface area contributed by atoms with Crippen LogP contribution in [-0.4, -0.2) is 41.8 Å². The second-order valence-corrected chi connectivity index (χ2v) is 5.28. The van der Waals surface area contributed by atoms with Crippen LogP contribution in [0, 0.1) is 11.8 Å². The number of amides is 3. The maximum Gasteiger partial charge on any atom is 0.237 e. The Kier molecular flexibility index (Phi) is 5.29. The zero-order chi connectivity index (χ0) is 14.6. The standard InChI is InChI=1S/C12H22N4O3/c1-7-2-3-8(13)4-9(7)12(19)16(5-10(14)17)6-11(15)18/h7-9H,2-6,13H2,1H3,(H2,14,17)(H2,15,18). The van der Waals surface area contributed by atoms with E-state index < -0.39 is 11.8 Å². The lowest BCUT2D eigenvalue weighted by Gasteiger charge is -2.34. The number of rotatable bonds is 5. The number of hydrogen-bond donors (Lipinski definition) is 3. The van der Waals surface area contributed by atoms with E-state index in [-0.39, 0.29) is 36.9 Å². The molecule has 0 bridgehead atoms. The fourth-order valence-electron chi connectivity index (χ4n) is 2.52. The van der Waals surface area contributed by atoms with Crippen molar-refractivity contribution >= 4 is 17.7 Å². The van der Waals surface area contributed by atoms with Gasteiger partial charge >= 0.3 is 0 Å². The Morgan fingerprint density at radius 2 is 1.63 bits per heavy atom. The summed E-state index contributed by atoms with van der Waals surface area (Å²) in [6, 6.07) is -0.0193. The van der Waals surface area contributed by atoms with Gasteiger partial charge in [-0.25, -0.2) is 0 Å². The third-order valence-corrected chi connectivity index (χ3v) is 3.56. The minimum Gasteiger partial charge on any atom is -0.368 e. The minimum absolute atomic E-state index is 0.0193. The highest BCUT2D eigenvalue weighted by molar-refractivity contribution is 5.89. The van der Waals surface area contributed by atoms with Gasteiger partial charge in [-0.3, -0.25) is 14.4 Å². The van der Waals surface area contributed by atoms with Crippen molar-refractivity contribution in [3.63, 3.8) is 0 Å². The molecule has 0 aromatic heterocycles. The normalized spacial score (nSPS) is 26.7. The quantitative estimate of drug-likeness (QED) is 0.563. The highest BCUT2D eigenvalue weighted by Crippen LogP contribution is 2.30. The lowest BCUT2D eigenvalue weighted by Crippen LogP contribution is -2.49. The molecule has 0 saturated heterocycles. The molecule has 3 unspecified atom stereocenters. The van der Waals surface area contributed by atoms with Gasteiger partial charge in [0, 0.05) is 12.0 Å². The Morgan fingerprint density at radius 1 is 1.11 bits per heavy atom. The summed E-state index contributed by atoms with van der Waals surface area (Å²) in [6.07, 6.45) is 2.31. The van der Waals surface area contributed by atoms with Gasteiger partial charge < -0.3 is 22.1 Å². The van der Waals surface area contributed by atoms with E-state index in [1.807, 2.05) is 6.92 Å². The van der Waals surface area contributed by atoms with Crippen LogP contribution in [0.25, 0.3) is 0 Å². The zero-order valence-corrected chi connectivity index (χ0v) is 11.2. The number of hydrogen-bond acceptors (Lipinski definition) is 4. The smallest absolute Gasteiger partial charge is 0.237 e. The Bertz CT molecular complexity index is 356. The summed E-state index contributed by atoms with van der Waals surface area (Å²) in [5, 5.41) is 0. The molecule has 0 aromatic carbocycles. The average molecular weight is 270 g/mol. The Morgan fingerprint density at radius 3 is 2.11 bits per heavy atom. The van der Waals surface area contributed by atoms with E-state index in [1.54, 1.807) is 0 Å². The van der Waals surface area contributed by atoms with Crippen molar-refractivity contribution in [3.8, 4) is 0 Å². The van der Waals surface area contributed by atoms with Gasteiger partial charge in [0.1, 0.15) is 0 Å². The summed E-state index contributed by atoms with van der Waals surface area (Å²) in [5.41, 5.74) is 16.1. The van der Waals surface area contributed by atoms with Crippen LogP contribution in [0.2, 0.25) is 0 Å². The van der Waals surface area contributed by atoms with Gasteiger partial charge in [0.15, 0.2) is 0 Å². The fourth-order valence-corrected chi connectivity index (χ4v) is 2.52. The number of primary amides is 2. The first-order chi connectivity index (χ1) is 8.81. The van der Waals surface area contributed by atoms with Crippen LogP contribution in [-0.2, 0) is 14.4 Å². The molecule has 0 aliphatic heterocycles. The first kappa shape index (κ1) is 15.4. The van der Waals surface area contributed by atoms with Gasteiger partial charge in [-0.1, -0.05) is 6.92 Å². The van der Waals surface area contributed by atoms with Crippen molar-refractivity contribution in [1.82, 2.24) is 4.90 Å². The highest BCUT2D eigenvalue weighted by atomic mass is 16.2. The molecule has 7 nitrogen and oxygen atoms in total. The summed E-state index contributed by atoms with van der Waals surface area (Å²) in [4.78, 5) is 35.5. The second-order valence-electron chi connectivity index (χ2n) is 5.28. The molecule has 1 aliphatic carbocycles. The molecule has 7 heteroatoms. The van der Waals surface area contributed by atoms with Crippen molar-refractivity contribution in [1.29, 1.82) is 0 Å². The maximum atomic E-state index is 12.4. The molecular weight excluding hydrogens is 248 g/mol. The largest absolute Gasteiger partial charge is 0.368 e. The van der Waals surface area contributed by atoms with Gasteiger partial charge in [0.25, 0.3) is 0 Å². The van der Waals surface area contributed by atoms with Gasteiger partial charge in [-0.15, -0.1) is 0 Å². The van der Waals surface area contributed by atoms with E-state index in [9.17, 15) is 14.4 Å². The van der Waals surface area contributed by atoms with Crippen molar-refractivity contribution < 1.29 is 14.4 Å². The summed E-state index contributed by atoms with van der Waals surface area (Å²) in [6.45, 7) is 1.39. The first-order valence-electron chi connectivity index (χ1n) is 6.42. The van der Waals surface area contributed by atoms with Crippen LogP contribution in [0.3, 0.4) is 0 Å². The predicted octanol–water partition coefficient (Wildman–Crippen LogP) is -1.45. The molecule has 6 N–H and O–H groups in total. The molecule has 1 rings (SSSR count). The molecule has 0 radical (unpaired) electrons. The molecule has 1 fully saturated rings. The van der Waals surface area contributed by atoms with Crippen LogP contribution < -0.4 is 17.2 Å². The Hall–Kier alpha value is -1.63. The topological polar surface area (TPSA) is 133 Å². The maximum absolute atomic E-state index is 12.4. The molecule has 0 heterocycles. The predicted molar refractivity (Wildman–Crippen MR) is 69.4 cm³/mol. The van der Waals surface area contributed by atoms with E-state index in [2.05, 4.69) is 0 Å². The van der Waals surface area contributed by atoms with Gasteiger partial charge in [-0.2, -0.15) is 0 Å². The molecule has 3 amide bonds. The monoisotopic (exact) mass is 270 g/mol. The van der Waals surface area contributed by atoms with Crippen molar-refractivity contribution in [2.45, 2.75) is 32.2 Å². The fraction of sp³-hybridized carbons (Fsp3) is 0.750. The van der Waals surface area contributed by atoms with Crippen LogP contribution in [0.1, 0.15) is 26.2 Å². The van der Waals surface area contributed by atoms with E-state index >= 15 is 0 Å². The third-order valence-electron chi connectivity index (χ3n) is 3.56. The summed E-state index contributed by atoms with van der Waals surface area (Å²) >= 11 is 0. The Labute approximate surface area is 112 Å². The second kappa shape index (κ2) is 6.51. The summed E-state index contributed by atoms with van der Waals surface area (Å²) in [5.74, 6) is -1.69. The van der Waals surface area contributed by atoms with Crippen LogP contribution >= 0.6 is 0 Å². The number of carbonyl (C=O) groups is 3. The molecule has 19 heavy (non-hydrogen) atoms. The van der Waals surface area contributed by atoms with E-state index in [4.69, 9.17) is 17.2 Å². The van der Waals surface area contributed by atoms with E-state index in [0.717, 1.165) is 17.7 Å². The number of nitrogens with two attached hydrogens (primary N) is 3. The average Bonchev–Trinajstić information content (AvgIpc) is 2.29. The molecule has 1 aliphatic rings. The molecule has 0 aromatic rings. The highest BCUT2D eigenvalue weighted by Gasteiger charge is 2.34. The lowest BCUT2D eigenvalue weighted by atomic mass is 9.77. The van der Waals surface area contributed by atoms with E-state index in [0.29, 0.717) is 6.42 Å². The SMILES string of the molecule is CC1CCC(N)CC1C(=O)N(CC(N)=O)CC(N)=O. The molecule has 108 valence electrons. The number of nitrogens with zero attached hydrogens (tertiary/aromatic N) is 1. The summed E-state index contributed by atoms with van der Waals surface area (Å²) < 4.78 is 0. The van der Waals surface area contributed by atoms with Gasteiger partial charge in [0.2, 0.25) is 17.7 Å². The van der Waals surface area contributed by atoms with Crippen molar-refractivity contribution in [2.24, 2.45) is 29.0 Å². The van der Waals surface area contributed by atoms with Crippen LogP contribution in [0.5, 0.6) is 0 Å². The van der Waals surface area contributed by atoms with Crippen molar-refractivity contribution in [3.05, 3.63) is 0 Å².